The fourth-order valence-corrected chi connectivity index (χ4v) is 3.58. The number of hydrogen-bond donors (Lipinski definition) is 2. The summed E-state index contributed by atoms with van der Waals surface area (Å²) in [6, 6.07) is 1.89. The second-order valence-corrected chi connectivity index (χ2v) is 8.79. The van der Waals surface area contributed by atoms with E-state index in [1.54, 1.807) is 4.90 Å². The second kappa shape index (κ2) is 9.69. The summed E-state index contributed by atoms with van der Waals surface area (Å²) in [7, 11) is -5.38. The molecule has 1 aliphatic rings. The maximum atomic E-state index is 13.6. The number of carbonyl (C=O) groups excluding carboxylic acids is 1. The number of rotatable bonds is 7. The molecular formula is C17H20F7N3O3S. The van der Waals surface area contributed by atoms with Crippen molar-refractivity contribution in [3.8, 4) is 0 Å². The lowest BCUT2D eigenvalue weighted by Gasteiger charge is -2.32. The molecule has 0 atom stereocenters. The summed E-state index contributed by atoms with van der Waals surface area (Å²) in [5.74, 6) is -2.27. The van der Waals surface area contributed by atoms with E-state index in [1.165, 1.54) is 4.72 Å². The van der Waals surface area contributed by atoms with Gasteiger partial charge < -0.3 is 10.2 Å². The van der Waals surface area contributed by atoms with Gasteiger partial charge in [-0.15, -0.1) is 0 Å². The molecule has 14 heteroatoms. The van der Waals surface area contributed by atoms with Gasteiger partial charge in [0.1, 0.15) is 5.82 Å². The number of halogens is 7. The maximum absolute atomic E-state index is 13.6. The van der Waals surface area contributed by atoms with Crippen LogP contribution in [0.15, 0.2) is 18.2 Å². The Morgan fingerprint density at radius 1 is 1.10 bits per heavy atom. The summed E-state index contributed by atoms with van der Waals surface area (Å²) >= 11 is 0. The van der Waals surface area contributed by atoms with Gasteiger partial charge in [0.25, 0.3) is 5.91 Å². The lowest BCUT2D eigenvalue weighted by molar-refractivity contribution is -0.140. The summed E-state index contributed by atoms with van der Waals surface area (Å²) in [5, 5.41) is 2.53. The highest BCUT2D eigenvalue weighted by Crippen LogP contribution is 2.31. The van der Waals surface area contributed by atoms with Gasteiger partial charge in [-0.3, -0.25) is 4.79 Å². The Hall–Kier alpha value is -1.93. The fourth-order valence-electron chi connectivity index (χ4n) is 3.06. The minimum Gasteiger partial charge on any atom is -0.352 e. The van der Waals surface area contributed by atoms with E-state index in [2.05, 4.69) is 5.32 Å². The summed E-state index contributed by atoms with van der Waals surface area (Å²) in [6.45, 7) is 0.796. The van der Waals surface area contributed by atoms with Gasteiger partial charge in [0.15, 0.2) is 0 Å². The first kappa shape index (κ1) is 25.3. The number of carbonyl (C=O) groups is 1. The summed E-state index contributed by atoms with van der Waals surface area (Å²) < 4.78 is 111. The average molecular weight is 479 g/mol. The highest BCUT2D eigenvalue weighted by molar-refractivity contribution is 7.90. The van der Waals surface area contributed by atoms with Crippen LogP contribution in [0.4, 0.5) is 30.7 Å². The lowest BCUT2D eigenvalue weighted by atomic mass is 9.96. The van der Waals surface area contributed by atoms with Crippen LogP contribution in [0, 0.1) is 11.7 Å². The number of nitrogens with one attached hydrogen (secondary N) is 2. The van der Waals surface area contributed by atoms with Crippen molar-refractivity contribution in [1.82, 2.24) is 14.9 Å². The molecule has 0 saturated carbocycles. The first-order valence-electron chi connectivity index (χ1n) is 9.14. The van der Waals surface area contributed by atoms with E-state index >= 15 is 0 Å². The molecule has 31 heavy (non-hydrogen) atoms. The van der Waals surface area contributed by atoms with Crippen molar-refractivity contribution in [2.24, 2.45) is 5.92 Å². The first-order valence-corrected chi connectivity index (χ1v) is 10.6. The highest BCUT2D eigenvalue weighted by Gasteiger charge is 2.45. The number of nitrogens with zero attached hydrogens (tertiary/aromatic N) is 1. The third kappa shape index (κ3) is 7.04. The van der Waals surface area contributed by atoms with Gasteiger partial charge in [0.05, 0.1) is 5.56 Å². The SMILES string of the molecule is O=C(NCC1CCN(CCNS(=O)(=O)C(F)(F)F)CC1)c1ccc(C(F)(F)F)c(F)c1. The number of sulfonamides is 1. The number of hydrogen-bond acceptors (Lipinski definition) is 4. The zero-order valence-electron chi connectivity index (χ0n) is 16.0. The zero-order chi connectivity index (χ0) is 23.4. The molecule has 1 aliphatic heterocycles. The second-order valence-electron chi connectivity index (χ2n) is 7.03. The Morgan fingerprint density at radius 3 is 2.23 bits per heavy atom. The third-order valence-electron chi connectivity index (χ3n) is 4.82. The van der Waals surface area contributed by atoms with Gasteiger partial charge in [-0.05, 0) is 50.0 Å². The minimum absolute atomic E-state index is 0.00589. The van der Waals surface area contributed by atoms with Crippen LogP contribution in [0.25, 0.3) is 0 Å². The Labute approximate surface area is 173 Å². The zero-order valence-corrected chi connectivity index (χ0v) is 16.8. The number of piperidine rings is 1. The van der Waals surface area contributed by atoms with E-state index in [0.717, 1.165) is 6.07 Å². The molecule has 0 bridgehead atoms. The van der Waals surface area contributed by atoms with Crippen molar-refractivity contribution in [3.05, 3.63) is 35.1 Å². The van der Waals surface area contributed by atoms with E-state index in [4.69, 9.17) is 0 Å². The van der Waals surface area contributed by atoms with E-state index < -0.39 is 45.5 Å². The third-order valence-corrected chi connectivity index (χ3v) is 6.01. The van der Waals surface area contributed by atoms with Crippen molar-refractivity contribution in [1.29, 1.82) is 0 Å². The lowest BCUT2D eigenvalue weighted by Crippen LogP contribution is -2.44. The van der Waals surface area contributed by atoms with Crippen LogP contribution in [-0.2, 0) is 16.2 Å². The minimum atomic E-state index is -5.38. The number of likely N-dealkylation sites (tertiary alicyclic amines) is 1. The summed E-state index contributed by atoms with van der Waals surface area (Å²) in [6.07, 6.45) is -3.74. The van der Waals surface area contributed by atoms with Crippen LogP contribution in [0.2, 0.25) is 0 Å². The Balaban J connectivity index is 1.75. The molecule has 0 aromatic heterocycles. The molecule has 2 N–H and O–H groups in total. The molecule has 1 heterocycles. The number of amides is 1. The van der Waals surface area contributed by atoms with Crippen molar-refractivity contribution in [2.75, 3.05) is 32.7 Å². The molecule has 0 radical (unpaired) electrons. The van der Waals surface area contributed by atoms with Crippen LogP contribution in [0.5, 0.6) is 0 Å². The van der Waals surface area contributed by atoms with Gasteiger partial charge in [0.2, 0.25) is 0 Å². The van der Waals surface area contributed by atoms with E-state index in [1.807, 2.05) is 0 Å². The molecular weight excluding hydrogens is 459 g/mol. The maximum Gasteiger partial charge on any atom is 0.511 e. The molecule has 0 aliphatic carbocycles. The van der Waals surface area contributed by atoms with Crippen LogP contribution < -0.4 is 10.0 Å². The molecule has 2 rings (SSSR count). The predicted octanol–water partition coefficient (Wildman–Crippen LogP) is 2.73. The first-order chi connectivity index (χ1) is 14.2. The van der Waals surface area contributed by atoms with Crippen LogP contribution >= 0.6 is 0 Å². The number of benzene rings is 1. The van der Waals surface area contributed by atoms with Crippen molar-refractivity contribution >= 4 is 15.9 Å². The van der Waals surface area contributed by atoms with E-state index in [-0.39, 0.29) is 24.6 Å². The Morgan fingerprint density at radius 2 is 1.71 bits per heavy atom. The molecule has 1 fully saturated rings. The van der Waals surface area contributed by atoms with Crippen LogP contribution in [0.1, 0.15) is 28.8 Å². The van der Waals surface area contributed by atoms with Crippen molar-refractivity contribution < 1.29 is 43.9 Å². The predicted molar refractivity (Wildman–Crippen MR) is 95.9 cm³/mol. The van der Waals surface area contributed by atoms with Gasteiger partial charge in [0, 0.05) is 25.2 Å². The monoisotopic (exact) mass is 479 g/mol. The Bertz CT molecular complexity index is 880. The van der Waals surface area contributed by atoms with Gasteiger partial charge in [-0.2, -0.15) is 26.3 Å². The normalized spacial score (nSPS) is 17.0. The topological polar surface area (TPSA) is 78.5 Å². The largest absolute Gasteiger partial charge is 0.511 e. The van der Waals surface area contributed by atoms with Crippen LogP contribution in [-0.4, -0.2) is 57.5 Å². The summed E-state index contributed by atoms with van der Waals surface area (Å²) in [5.41, 5.74) is -7.08. The van der Waals surface area contributed by atoms with Crippen LogP contribution in [0.3, 0.4) is 0 Å². The molecule has 176 valence electrons. The highest BCUT2D eigenvalue weighted by atomic mass is 32.2. The van der Waals surface area contributed by atoms with Gasteiger partial charge >= 0.3 is 21.7 Å². The van der Waals surface area contributed by atoms with Crippen molar-refractivity contribution in [2.45, 2.75) is 24.5 Å². The van der Waals surface area contributed by atoms with Gasteiger partial charge in [-0.1, -0.05) is 0 Å². The standard InChI is InChI=1S/C17H20F7N3O3S/c18-14-9-12(1-2-13(14)16(19,20)21)15(28)25-10-11-3-6-27(7-4-11)8-5-26-31(29,30)17(22,23)24/h1-2,9,11,26H,3-8,10H2,(H,25,28). The molecule has 1 aromatic carbocycles. The summed E-state index contributed by atoms with van der Waals surface area (Å²) in [4.78, 5) is 13.8. The van der Waals surface area contributed by atoms with E-state index in [0.29, 0.717) is 38.1 Å². The van der Waals surface area contributed by atoms with Crippen molar-refractivity contribution in [3.63, 3.8) is 0 Å². The molecule has 1 saturated heterocycles. The molecule has 0 spiro atoms. The quantitative estimate of drug-likeness (QED) is 0.590. The fraction of sp³-hybridized carbons (Fsp3) is 0.588. The number of alkyl halides is 6. The van der Waals surface area contributed by atoms with E-state index in [9.17, 15) is 43.9 Å². The molecule has 0 unspecified atom stereocenters. The molecule has 6 nitrogen and oxygen atoms in total. The molecule has 1 amide bonds. The van der Waals surface area contributed by atoms with Gasteiger partial charge in [-0.25, -0.2) is 17.5 Å². The molecule has 1 aromatic rings. The smallest absolute Gasteiger partial charge is 0.352 e. The Kier molecular flexibility index (Phi) is 7.92. The average Bonchev–Trinajstić information content (AvgIpc) is 2.65.